The van der Waals surface area contributed by atoms with Gasteiger partial charge in [-0.15, -0.1) is 0 Å². The number of aromatic carboxylic acids is 1. The lowest BCUT2D eigenvalue weighted by Gasteiger charge is -2.08. The number of carboxylic acid groups (broad SMARTS) is 1. The van der Waals surface area contributed by atoms with Gasteiger partial charge in [-0.1, -0.05) is 0 Å². The lowest BCUT2D eigenvalue weighted by atomic mass is 10.2. The van der Waals surface area contributed by atoms with Gasteiger partial charge in [0.25, 0.3) is 0 Å². The van der Waals surface area contributed by atoms with E-state index in [1.165, 1.54) is 13.2 Å². The topological polar surface area (TPSA) is 51.5 Å². The van der Waals surface area contributed by atoms with Crippen LogP contribution in [0, 0.1) is 0 Å². The van der Waals surface area contributed by atoms with Gasteiger partial charge in [0.15, 0.2) is 0 Å². The van der Waals surface area contributed by atoms with Crippen molar-refractivity contribution in [2.75, 3.05) is 7.11 Å². The maximum Gasteiger partial charge on any atom is 0.339 e. The van der Waals surface area contributed by atoms with Crippen LogP contribution in [-0.4, -0.2) is 22.8 Å². The zero-order chi connectivity index (χ0) is 11.5. The van der Waals surface area contributed by atoms with Crippen molar-refractivity contribution in [3.63, 3.8) is 0 Å². The second-order valence-corrected chi connectivity index (χ2v) is 3.28. The van der Waals surface area contributed by atoms with Crippen molar-refractivity contribution in [3.8, 4) is 11.4 Å². The molecule has 0 unspecified atom stereocenters. The fraction of sp³-hybridized carbons (Fsp3) is 0.0833. The highest BCUT2D eigenvalue weighted by atomic mass is 16.5. The number of carboxylic acids is 1. The van der Waals surface area contributed by atoms with E-state index in [-0.39, 0.29) is 5.56 Å². The summed E-state index contributed by atoms with van der Waals surface area (Å²) in [6, 6.07) is 8.78. The first-order valence-corrected chi connectivity index (χ1v) is 4.77. The molecule has 0 atom stereocenters. The Morgan fingerprint density at radius 1 is 1.31 bits per heavy atom. The van der Waals surface area contributed by atoms with E-state index in [1.54, 1.807) is 12.1 Å². The zero-order valence-corrected chi connectivity index (χ0v) is 8.75. The van der Waals surface area contributed by atoms with Gasteiger partial charge in [-0.2, -0.15) is 0 Å². The number of hydrogen-bond acceptors (Lipinski definition) is 2. The molecule has 4 heteroatoms. The molecule has 0 saturated heterocycles. The van der Waals surface area contributed by atoms with E-state index in [9.17, 15) is 4.79 Å². The van der Waals surface area contributed by atoms with Gasteiger partial charge in [-0.05, 0) is 24.3 Å². The first kappa shape index (κ1) is 10.3. The monoisotopic (exact) mass is 217 g/mol. The number of ether oxygens (including phenoxy) is 1. The van der Waals surface area contributed by atoms with Crippen LogP contribution in [0.3, 0.4) is 0 Å². The van der Waals surface area contributed by atoms with Gasteiger partial charge in [-0.3, -0.25) is 0 Å². The minimum atomic E-state index is -0.990. The minimum Gasteiger partial charge on any atom is -0.496 e. The number of benzene rings is 1. The molecule has 0 spiro atoms. The molecule has 0 bridgehead atoms. The Balaban J connectivity index is 2.49. The molecule has 2 aromatic rings. The first-order chi connectivity index (χ1) is 7.72. The van der Waals surface area contributed by atoms with Gasteiger partial charge >= 0.3 is 5.97 Å². The Bertz CT molecular complexity index is 503. The average molecular weight is 217 g/mol. The van der Waals surface area contributed by atoms with Crippen LogP contribution in [0.2, 0.25) is 0 Å². The highest BCUT2D eigenvalue weighted by Gasteiger charge is 2.11. The molecule has 1 aromatic heterocycles. The van der Waals surface area contributed by atoms with Gasteiger partial charge in [0.1, 0.15) is 11.3 Å². The molecule has 4 nitrogen and oxygen atoms in total. The summed E-state index contributed by atoms with van der Waals surface area (Å²) in [5, 5.41) is 8.93. The summed E-state index contributed by atoms with van der Waals surface area (Å²) in [6.07, 6.45) is 3.77. The standard InChI is InChI=1S/C12H11NO3/c1-16-11-8-9(13-6-2-3-7-13)4-5-10(11)12(14)15/h2-8H,1H3,(H,14,15). The molecule has 16 heavy (non-hydrogen) atoms. The molecule has 0 saturated carbocycles. The highest BCUT2D eigenvalue weighted by molar-refractivity contribution is 5.91. The van der Waals surface area contributed by atoms with Crippen LogP contribution < -0.4 is 4.74 Å². The lowest BCUT2D eigenvalue weighted by Crippen LogP contribution is -2.01. The summed E-state index contributed by atoms with van der Waals surface area (Å²) in [5.41, 5.74) is 1.03. The predicted octanol–water partition coefficient (Wildman–Crippen LogP) is 2.18. The van der Waals surface area contributed by atoms with Crippen LogP contribution in [0.4, 0.5) is 0 Å². The van der Waals surface area contributed by atoms with Crippen LogP contribution >= 0.6 is 0 Å². The van der Waals surface area contributed by atoms with Crippen molar-refractivity contribution in [2.24, 2.45) is 0 Å². The number of carbonyl (C=O) groups is 1. The third-order valence-corrected chi connectivity index (χ3v) is 2.32. The van der Waals surface area contributed by atoms with Crippen molar-refractivity contribution in [1.82, 2.24) is 4.57 Å². The van der Waals surface area contributed by atoms with Crippen LogP contribution in [0.1, 0.15) is 10.4 Å². The molecule has 1 heterocycles. The third-order valence-electron chi connectivity index (χ3n) is 2.32. The Morgan fingerprint density at radius 2 is 2.00 bits per heavy atom. The largest absolute Gasteiger partial charge is 0.496 e. The fourth-order valence-corrected chi connectivity index (χ4v) is 1.52. The second-order valence-electron chi connectivity index (χ2n) is 3.28. The molecule has 1 N–H and O–H groups in total. The molecule has 0 fully saturated rings. The van der Waals surface area contributed by atoms with Gasteiger partial charge in [-0.25, -0.2) is 4.79 Å². The van der Waals surface area contributed by atoms with E-state index in [2.05, 4.69) is 0 Å². The van der Waals surface area contributed by atoms with E-state index >= 15 is 0 Å². The molecule has 0 amide bonds. The smallest absolute Gasteiger partial charge is 0.339 e. The molecule has 0 aliphatic heterocycles. The molecule has 2 rings (SSSR count). The van der Waals surface area contributed by atoms with Crippen molar-refractivity contribution in [3.05, 3.63) is 48.3 Å². The van der Waals surface area contributed by atoms with E-state index < -0.39 is 5.97 Å². The second kappa shape index (κ2) is 4.10. The first-order valence-electron chi connectivity index (χ1n) is 4.77. The van der Waals surface area contributed by atoms with E-state index in [0.717, 1.165) is 5.69 Å². The Kier molecular flexibility index (Phi) is 2.64. The van der Waals surface area contributed by atoms with Crippen LogP contribution in [0.15, 0.2) is 42.7 Å². The number of methoxy groups -OCH3 is 1. The maximum atomic E-state index is 10.9. The van der Waals surface area contributed by atoms with Crippen molar-refractivity contribution in [2.45, 2.75) is 0 Å². The fourth-order valence-electron chi connectivity index (χ4n) is 1.52. The number of rotatable bonds is 3. The Labute approximate surface area is 92.7 Å². The lowest BCUT2D eigenvalue weighted by molar-refractivity contribution is 0.0693. The number of aromatic nitrogens is 1. The van der Waals surface area contributed by atoms with Gasteiger partial charge in [0, 0.05) is 24.1 Å². The highest BCUT2D eigenvalue weighted by Crippen LogP contribution is 2.22. The maximum absolute atomic E-state index is 10.9. The summed E-state index contributed by atoms with van der Waals surface area (Å²) in [4.78, 5) is 10.9. The van der Waals surface area contributed by atoms with Crippen molar-refractivity contribution >= 4 is 5.97 Å². The van der Waals surface area contributed by atoms with Crippen LogP contribution in [0.5, 0.6) is 5.75 Å². The Hall–Kier alpha value is -2.23. The van der Waals surface area contributed by atoms with E-state index in [4.69, 9.17) is 9.84 Å². The minimum absolute atomic E-state index is 0.165. The van der Waals surface area contributed by atoms with Crippen LogP contribution in [-0.2, 0) is 0 Å². The summed E-state index contributed by atoms with van der Waals surface area (Å²) in [7, 11) is 1.46. The zero-order valence-electron chi connectivity index (χ0n) is 8.75. The van der Waals surface area contributed by atoms with Crippen molar-refractivity contribution in [1.29, 1.82) is 0 Å². The quantitative estimate of drug-likeness (QED) is 0.857. The molecule has 82 valence electrons. The normalized spacial score (nSPS) is 10.1. The number of nitrogens with zero attached hydrogens (tertiary/aromatic N) is 1. The molecule has 0 aliphatic rings. The Morgan fingerprint density at radius 3 is 2.56 bits per heavy atom. The SMILES string of the molecule is COc1cc(-n2cccc2)ccc1C(=O)O. The molecular formula is C12H11NO3. The molecule has 1 aromatic carbocycles. The van der Waals surface area contributed by atoms with Crippen molar-refractivity contribution < 1.29 is 14.6 Å². The summed E-state index contributed by atoms with van der Waals surface area (Å²) < 4.78 is 6.93. The predicted molar refractivity (Wildman–Crippen MR) is 59.3 cm³/mol. The summed E-state index contributed by atoms with van der Waals surface area (Å²) in [5.74, 6) is -0.630. The molecule has 0 radical (unpaired) electrons. The van der Waals surface area contributed by atoms with Gasteiger partial charge in [0.2, 0.25) is 0 Å². The molecule has 0 aliphatic carbocycles. The van der Waals surface area contributed by atoms with E-state index in [1.807, 2.05) is 29.1 Å². The van der Waals surface area contributed by atoms with E-state index in [0.29, 0.717) is 5.75 Å². The van der Waals surface area contributed by atoms with Gasteiger partial charge < -0.3 is 14.4 Å². The third kappa shape index (κ3) is 1.77. The average Bonchev–Trinajstić information content (AvgIpc) is 2.81. The molecular weight excluding hydrogens is 206 g/mol. The summed E-state index contributed by atoms with van der Waals surface area (Å²) >= 11 is 0. The van der Waals surface area contributed by atoms with Gasteiger partial charge in [0.05, 0.1) is 7.11 Å². The summed E-state index contributed by atoms with van der Waals surface area (Å²) in [6.45, 7) is 0. The van der Waals surface area contributed by atoms with Crippen LogP contribution in [0.25, 0.3) is 5.69 Å². The number of hydrogen-bond donors (Lipinski definition) is 1.